The molecule has 1 rings (SSSR count). The van der Waals surface area contributed by atoms with Gasteiger partial charge in [0.2, 0.25) is 5.79 Å². The fraction of sp³-hybridized carbons (Fsp3) is 0.667. The van der Waals surface area contributed by atoms with Gasteiger partial charge in [0.25, 0.3) is 0 Å². The molecule has 0 spiro atoms. The average molecular weight is 216 g/mol. The molecule has 1 heterocycles. The number of hydrogen-bond acceptors (Lipinski definition) is 6. The predicted octanol–water partition coefficient (Wildman–Crippen LogP) is 0.416. The second-order valence-corrected chi connectivity index (χ2v) is 3.05. The van der Waals surface area contributed by atoms with E-state index in [2.05, 4.69) is 17.2 Å². The summed E-state index contributed by atoms with van der Waals surface area (Å²) in [5.41, 5.74) is 3.42. The summed E-state index contributed by atoms with van der Waals surface area (Å²) in [7, 11) is 2.92. The van der Waals surface area contributed by atoms with Gasteiger partial charge in [-0.3, -0.25) is 10.3 Å². The highest BCUT2D eigenvalue weighted by Gasteiger charge is 2.39. The van der Waals surface area contributed by atoms with Crippen molar-refractivity contribution in [2.45, 2.75) is 12.7 Å². The summed E-state index contributed by atoms with van der Waals surface area (Å²) in [5.74, 6) is -0.932. The Balaban J connectivity index is 2.82. The highest BCUT2D eigenvalue weighted by molar-refractivity contribution is 6.03. The van der Waals surface area contributed by atoms with Crippen molar-refractivity contribution in [1.82, 2.24) is 5.48 Å². The molecule has 0 amide bonds. The van der Waals surface area contributed by atoms with Gasteiger partial charge in [0.15, 0.2) is 5.71 Å². The minimum Gasteiger partial charge on any atom is -0.399 e. The average Bonchev–Trinajstić information content (AvgIpc) is 2.62. The van der Waals surface area contributed by atoms with E-state index in [1.54, 1.807) is 6.92 Å². The summed E-state index contributed by atoms with van der Waals surface area (Å²) < 4.78 is 10.9. The van der Waals surface area contributed by atoms with Crippen molar-refractivity contribution in [3.05, 3.63) is 12.3 Å². The van der Waals surface area contributed by atoms with Crippen LogP contribution in [-0.4, -0.2) is 38.9 Å². The van der Waals surface area contributed by atoms with Crippen LogP contribution >= 0.6 is 0 Å². The number of rotatable bonds is 5. The van der Waals surface area contributed by atoms with E-state index in [9.17, 15) is 0 Å². The summed E-state index contributed by atoms with van der Waals surface area (Å²) in [5, 5.41) is 3.82. The van der Waals surface area contributed by atoms with Gasteiger partial charge in [-0.05, 0) is 6.92 Å². The van der Waals surface area contributed by atoms with E-state index >= 15 is 0 Å². The summed E-state index contributed by atoms with van der Waals surface area (Å²) in [4.78, 5) is 9.46. The van der Waals surface area contributed by atoms with Gasteiger partial charge >= 0.3 is 0 Å². The first kappa shape index (κ1) is 12.0. The maximum atomic E-state index is 5.43. The molecule has 1 fully saturated rings. The fourth-order valence-electron chi connectivity index (χ4n) is 1.33. The minimum absolute atomic E-state index is 0.421. The molecular weight excluding hydrogens is 200 g/mol. The lowest BCUT2D eigenvalue weighted by Crippen LogP contribution is -2.40. The Bertz CT molecular complexity index is 259. The Morgan fingerprint density at radius 1 is 1.40 bits per heavy atom. The second-order valence-electron chi connectivity index (χ2n) is 3.05. The lowest BCUT2D eigenvalue weighted by Gasteiger charge is -2.24. The Morgan fingerprint density at radius 3 is 2.47 bits per heavy atom. The van der Waals surface area contributed by atoms with Crippen molar-refractivity contribution in [3.8, 4) is 0 Å². The molecule has 0 saturated carbocycles. The lowest BCUT2D eigenvalue weighted by atomic mass is 10.1. The Morgan fingerprint density at radius 2 is 2.00 bits per heavy atom. The van der Waals surface area contributed by atoms with E-state index in [0.29, 0.717) is 24.6 Å². The standard InChI is InChI=1S/C9H16N2O4/c1-7(10-12-3)8(11-13-4)9(2)14-5-6-15-9/h10H,1,5-6H2,2-4H3. The summed E-state index contributed by atoms with van der Waals surface area (Å²) >= 11 is 0. The van der Waals surface area contributed by atoms with Gasteiger partial charge < -0.3 is 14.3 Å². The van der Waals surface area contributed by atoms with Crippen molar-refractivity contribution in [3.63, 3.8) is 0 Å². The zero-order chi connectivity index (χ0) is 11.3. The third kappa shape index (κ3) is 2.68. The maximum absolute atomic E-state index is 5.43. The van der Waals surface area contributed by atoms with Crippen molar-refractivity contribution in [1.29, 1.82) is 0 Å². The number of hydrogen-bond donors (Lipinski definition) is 1. The number of oxime groups is 1. The third-order valence-corrected chi connectivity index (χ3v) is 1.96. The molecule has 0 atom stereocenters. The molecular formula is C9H16N2O4. The van der Waals surface area contributed by atoms with E-state index in [4.69, 9.17) is 19.1 Å². The molecule has 1 saturated heterocycles. The van der Waals surface area contributed by atoms with Crippen LogP contribution in [0.5, 0.6) is 0 Å². The number of nitrogens with zero attached hydrogens (tertiary/aromatic N) is 1. The van der Waals surface area contributed by atoms with Gasteiger partial charge in [-0.25, -0.2) is 0 Å². The van der Waals surface area contributed by atoms with Crippen molar-refractivity contribution in [2.75, 3.05) is 27.4 Å². The molecule has 15 heavy (non-hydrogen) atoms. The molecule has 1 N–H and O–H groups in total. The molecule has 0 aromatic rings. The van der Waals surface area contributed by atoms with Crippen LogP contribution in [0.25, 0.3) is 0 Å². The first-order chi connectivity index (χ1) is 7.14. The second kappa shape index (κ2) is 5.11. The van der Waals surface area contributed by atoms with E-state index in [1.165, 1.54) is 14.2 Å². The third-order valence-electron chi connectivity index (χ3n) is 1.96. The predicted molar refractivity (Wildman–Crippen MR) is 54.0 cm³/mol. The zero-order valence-electron chi connectivity index (χ0n) is 9.20. The molecule has 0 unspecified atom stereocenters. The summed E-state index contributed by atoms with van der Waals surface area (Å²) in [6.07, 6.45) is 0. The van der Waals surface area contributed by atoms with Crippen LogP contribution in [0, 0.1) is 0 Å². The smallest absolute Gasteiger partial charge is 0.215 e. The number of hydroxylamine groups is 1. The SMILES string of the molecule is C=C(NOC)C(=NOC)C1(C)OCCO1. The van der Waals surface area contributed by atoms with Crippen LogP contribution < -0.4 is 5.48 Å². The highest BCUT2D eigenvalue weighted by Crippen LogP contribution is 2.23. The molecule has 0 bridgehead atoms. The van der Waals surface area contributed by atoms with Gasteiger partial charge in [0, 0.05) is 0 Å². The molecule has 0 aromatic heterocycles. The van der Waals surface area contributed by atoms with Crippen LogP contribution in [0.15, 0.2) is 17.4 Å². The van der Waals surface area contributed by atoms with Crippen LogP contribution in [0.4, 0.5) is 0 Å². The normalized spacial score (nSPS) is 20.1. The summed E-state index contributed by atoms with van der Waals surface area (Å²) in [6.45, 7) is 6.52. The fourth-order valence-corrected chi connectivity index (χ4v) is 1.33. The maximum Gasteiger partial charge on any atom is 0.215 e. The number of ether oxygens (including phenoxy) is 2. The largest absolute Gasteiger partial charge is 0.399 e. The van der Waals surface area contributed by atoms with Crippen LogP contribution in [0.2, 0.25) is 0 Å². The lowest BCUT2D eigenvalue weighted by molar-refractivity contribution is -0.0844. The summed E-state index contributed by atoms with van der Waals surface area (Å²) in [6, 6.07) is 0. The van der Waals surface area contributed by atoms with Gasteiger partial charge in [-0.1, -0.05) is 11.7 Å². The first-order valence-electron chi connectivity index (χ1n) is 4.52. The van der Waals surface area contributed by atoms with Gasteiger partial charge in [0.1, 0.15) is 7.11 Å². The number of nitrogens with one attached hydrogen (secondary N) is 1. The molecule has 1 aliphatic heterocycles. The highest BCUT2D eigenvalue weighted by atomic mass is 16.7. The van der Waals surface area contributed by atoms with E-state index in [-0.39, 0.29) is 0 Å². The Hall–Kier alpha value is -1.11. The Kier molecular flexibility index (Phi) is 4.07. The van der Waals surface area contributed by atoms with Gasteiger partial charge in [0.05, 0.1) is 26.0 Å². The van der Waals surface area contributed by atoms with Crippen LogP contribution in [0.1, 0.15) is 6.92 Å². The zero-order valence-corrected chi connectivity index (χ0v) is 9.20. The topological polar surface area (TPSA) is 61.3 Å². The minimum atomic E-state index is -0.932. The van der Waals surface area contributed by atoms with Crippen LogP contribution in [-0.2, 0) is 19.1 Å². The van der Waals surface area contributed by atoms with Crippen LogP contribution in [0.3, 0.4) is 0 Å². The molecule has 0 aliphatic carbocycles. The van der Waals surface area contributed by atoms with E-state index in [1.807, 2.05) is 0 Å². The van der Waals surface area contributed by atoms with E-state index in [0.717, 1.165) is 0 Å². The molecule has 1 aliphatic rings. The molecule has 6 heteroatoms. The van der Waals surface area contributed by atoms with Crippen molar-refractivity contribution in [2.24, 2.45) is 5.16 Å². The monoisotopic (exact) mass is 216 g/mol. The quantitative estimate of drug-likeness (QED) is 0.533. The van der Waals surface area contributed by atoms with E-state index < -0.39 is 5.79 Å². The molecule has 6 nitrogen and oxygen atoms in total. The Labute approximate surface area is 88.8 Å². The molecule has 0 aromatic carbocycles. The van der Waals surface area contributed by atoms with Gasteiger partial charge in [-0.15, -0.1) is 0 Å². The molecule has 86 valence electrons. The molecule has 0 radical (unpaired) electrons. The first-order valence-corrected chi connectivity index (χ1v) is 4.52. The van der Waals surface area contributed by atoms with Crippen molar-refractivity contribution < 1.29 is 19.1 Å². The van der Waals surface area contributed by atoms with Crippen molar-refractivity contribution >= 4 is 5.71 Å². The van der Waals surface area contributed by atoms with Gasteiger partial charge in [-0.2, -0.15) is 0 Å².